The van der Waals surface area contributed by atoms with Crippen molar-refractivity contribution in [1.29, 1.82) is 0 Å². The zero-order valence-corrected chi connectivity index (χ0v) is 15.1. The molecular weight excluding hydrogens is 314 g/mol. The summed E-state index contributed by atoms with van der Waals surface area (Å²) in [5, 5.41) is 2.20. The third-order valence-electron chi connectivity index (χ3n) is 4.62. The number of methoxy groups -OCH3 is 1. The molecule has 1 aromatic heterocycles. The van der Waals surface area contributed by atoms with E-state index in [1.54, 1.807) is 18.2 Å². The van der Waals surface area contributed by atoms with Crippen LogP contribution in [0.15, 0.2) is 48.8 Å². The van der Waals surface area contributed by atoms with Gasteiger partial charge >= 0.3 is 0 Å². The molecule has 5 heteroatoms. The number of hydrogen-bond donors (Lipinski definition) is 0. The second-order valence-corrected chi connectivity index (χ2v) is 6.34. The molecule has 0 aliphatic heterocycles. The highest BCUT2D eigenvalue weighted by atomic mass is 16.5. The predicted octanol–water partition coefficient (Wildman–Crippen LogP) is 3.34. The number of aromatic nitrogens is 2. The van der Waals surface area contributed by atoms with Gasteiger partial charge in [-0.1, -0.05) is 24.3 Å². The van der Waals surface area contributed by atoms with Gasteiger partial charge in [0.2, 0.25) is 5.91 Å². The van der Waals surface area contributed by atoms with Gasteiger partial charge in [-0.3, -0.25) is 4.79 Å². The fourth-order valence-electron chi connectivity index (χ4n) is 2.95. The zero-order chi connectivity index (χ0) is 18.0. The monoisotopic (exact) mass is 337 g/mol. The topological polar surface area (TPSA) is 47.4 Å². The van der Waals surface area contributed by atoms with Gasteiger partial charge < -0.3 is 14.2 Å². The third kappa shape index (κ3) is 3.50. The van der Waals surface area contributed by atoms with E-state index >= 15 is 0 Å². The highest BCUT2D eigenvalue weighted by Crippen LogP contribution is 2.26. The number of amides is 1. The summed E-state index contributed by atoms with van der Waals surface area (Å²) in [6.07, 6.45) is 3.63. The summed E-state index contributed by atoms with van der Waals surface area (Å²) in [6, 6.07) is 12.1. The van der Waals surface area contributed by atoms with E-state index in [9.17, 15) is 4.79 Å². The number of benzene rings is 2. The molecule has 0 saturated carbocycles. The maximum atomic E-state index is 12.8. The van der Waals surface area contributed by atoms with Crippen LogP contribution in [0.1, 0.15) is 24.2 Å². The van der Waals surface area contributed by atoms with Crippen LogP contribution in [0.3, 0.4) is 0 Å². The van der Waals surface area contributed by atoms with Gasteiger partial charge in [-0.15, -0.1) is 0 Å². The number of fused-ring (bicyclic) bond motifs is 1. The summed E-state index contributed by atoms with van der Waals surface area (Å²) in [5.41, 5.74) is 1.01. The molecule has 1 amide bonds. The van der Waals surface area contributed by atoms with E-state index in [4.69, 9.17) is 4.74 Å². The number of carbonyl (C=O) groups is 1. The lowest BCUT2D eigenvalue weighted by molar-refractivity contribution is -0.131. The molecule has 25 heavy (non-hydrogen) atoms. The van der Waals surface area contributed by atoms with Gasteiger partial charge in [0.25, 0.3) is 0 Å². The van der Waals surface area contributed by atoms with Crippen LogP contribution < -0.4 is 4.74 Å². The molecule has 0 unspecified atom stereocenters. The molecule has 3 rings (SSSR count). The first kappa shape index (κ1) is 17.0. The molecule has 5 nitrogen and oxygen atoms in total. The lowest BCUT2D eigenvalue weighted by atomic mass is 9.96. The average molecular weight is 337 g/mol. The largest absolute Gasteiger partial charge is 0.497 e. The number of imidazole rings is 1. The molecule has 0 N–H and O–H groups in total. The SMILES string of the molecule is COc1ccc2cc([C@H](C)C(=O)N(C)Cc3nccn3C)ccc2c1. The number of likely N-dealkylation sites (N-methyl/N-ethyl adjacent to an activating group) is 1. The number of carbonyl (C=O) groups excluding carboxylic acids is 1. The van der Waals surface area contributed by atoms with Crippen LogP contribution in [0.4, 0.5) is 0 Å². The summed E-state index contributed by atoms with van der Waals surface area (Å²) >= 11 is 0. The molecule has 0 saturated heterocycles. The fourth-order valence-corrected chi connectivity index (χ4v) is 2.95. The van der Waals surface area contributed by atoms with Crippen molar-refractivity contribution in [3.8, 4) is 5.75 Å². The van der Waals surface area contributed by atoms with Gasteiger partial charge in [0, 0.05) is 26.5 Å². The molecule has 1 heterocycles. The normalized spacial score (nSPS) is 12.2. The molecule has 2 aromatic carbocycles. The summed E-state index contributed by atoms with van der Waals surface area (Å²) in [6.45, 7) is 2.44. The molecule has 0 aliphatic rings. The van der Waals surface area contributed by atoms with Gasteiger partial charge in [0.1, 0.15) is 11.6 Å². The molecule has 0 fully saturated rings. The Morgan fingerprint density at radius 3 is 2.64 bits per heavy atom. The van der Waals surface area contributed by atoms with E-state index in [0.29, 0.717) is 6.54 Å². The maximum Gasteiger partial charge on any atom is 0.229 e. The van der Waals surface area contributed by atoms with Gasteiger partial charge in [0.15, 0.2) is 0 Å². The first-order chi connectivity index (χ1) is 12.0. The van der Waals surface area contributed by atoms with Crippen molar-refractivity contribution < 1.29 is 9.53 Å². The quantitative estimate of drug-likeness (QED) is 0.717. The Bertz CT molecular complexity index is 901. The van der Waals surface area contributed by atoms with Crippen molar-refractivity contribution in [2.75, 3.05) is 14.2 Å². The second-order valence-electron chi connectivity index (χ2n) is 6.34. The molecule has 0 aliphatic carbocycles. The van der Waals surface area contributed by atoms with E-state index in [-0.39, 0.29) is 11.8 Å². The Labute approximate surface area is 147 Å². The predicted molar refractivity (Wildman–Crippen MR) is 98.6 cm³/mol. The minimum Gasteiger partial charge on any atom is -0.497 e. The first-order valence-electron chi connectivity index (χ1n) is 8.28. The Morgan fingerprint density at radius 2 is 1.96 bits per heavy atom. The number of hydrogen-bond acceptors (Lipinski definition) is 3. The van der Waals surface area contributed by atoms with Crippen LogP contribution in [0, 0.1) is 0 Å². The highest BCUT2D eigenvalue weighted by Gasteiger charge is 2.20. The van der Waals surface area contributed by atoms with Crippen molar-refractivity contribution >= 4 is 16.7 Å². The number of nitrogens with zero attached hydrogens (tertiary/aromatic N) is 3. The van der Waals surface area contributed by atoms with Crippen LogP contribution in [-0.2, 0) is 18.4 Å². The summed E-state index contributed by atoms with van der Waals surface area (Å²) < 4.78 is 7.19. The standard InChI is InChI=1S/C20H23N3O2/c1-14(20(24)23(3)13-19-21-9-10-22(19)2)15-5-6-17-12-18(25-4)8-7-16(17)11-15/h5-12,14H,13H2,1-4H3/t14-/m0/s1. The van der Waals surface area contributed by atoms with Crippen LogP contribution in [-0.4, -0.2) is 34.5 Å². The van der Waals surface area contributed by atoms with Crippen LogP contribution in [0.5, 0.6) is 5.75 Å². The number of aryl methyl sites for hydroxylation is 1. The molecular formula is C20H23N3O2. The van der Waals surface area contributed by atoms with E-state index in [0.717, 1.165) is 27.9 Å². The van der Waals surface area contributed by atoms with E-state index in [2.05, 4.69) is 11.1 Å². The van der Waals surface area contributed by atoms with Crippen LogP contribution in [0.25, 0.3) is 10.8 Å². The van der Waals surface area contributed by atoms with Crippen molar-refractivity contribution in [2.45, 2.75) is 19.4 Å². The third-order valence-corrected chi connectivity index (χ3v) is 4.62. The number of ether oxygens (including phenoxy) is 1. The fraction of sp³-hybridized carbons (Fsp3) is 0.300. The van der Waals surface area contributed by atoms with E-state index in [1.165, 1.54) is 0 Å². The molecule has 130 valence electrons. The smallest absolute Gasteiger partial charge is 0.229 e. The average Bonchev–Trinajstić information content (AvgIpc) is 3.04. The minimum absolute atomic E-state index is 0.0795. The van der Waals surface area contributed by atoms with Crippen molar-refractivity contribution in [3.63, 3.8) is 0 Å². The zero-order valence-electron chi connectivity index (χ0n) is 15.1. The Morgan fingerprint density at radius 1 is 1.24 bits per heavy atom. The van der Waals surface area contributed by atoms with Crippen molar-refractivity contribution in [1.82, 2.24) is 14.5 Å². The highest BCUT2D eigenvalue weighted by molar-refractivity contribution is 5.88. The minimum atomic E-state index is -0.211. The Hall–Kier alpha value is -2.82. The van der Waals surface area contributed by atoms with Crippen LogP contribution in [0.2, 0.25) is 0 Å². The maximum absolute atomic E-state index is 12.8. The molecule has 1 atom stereocenters. The Balaban J connectivity index is 1.79. The van der Waals surface area contributed by atoms with Gasteiger partial charge in [-0.2, -0.15) is 0 Å². The second kappa shape index (κ2) is 6.97. The molecule has 0 radical (unpaired) electrons. The molecule has 0 spiro atoms. The van der Waals surface area contributed by atoms with Gasteiger partial charge in [0.05, 0.1) is 19.6 Å². The van der Waals surface area contributed by atoms with E-state index < -0.39 is 0 Å². The number of rotatable bonds is 5. The van der Waals surface area contributed by atoms with Gasteiger partial charge in [-0.25, -0.2) is 4.98 Å². The Kier molecular flexibility index (Phi) is 4.74. The van der Waals surface area contributed by atoms with E-state index in [1.807, 2.05) is 62.1 Å². The summed E-state index contributed by atoms with van der Waals surface area (Å²) in [4.78, 5) is 18.8. The first-order valence-corrected chi connectivity index (χ1v) is 8.28. The summed E-state index contributed by atoms with van der Waals surface area (Å²) in [7, 11) is 5.41. The van der Waals surface area contributed by atoms with Crippen LogP contribution >= 0.6 is 0 Å². The summed E-state index contributed by atoms with van der Waals surface area (Å²) in [5.74, 6) is 1.57. The van der Waals surface area contributed by atoms with Crippen molar-refractivity contribution in [3.05, 3.63) is 60.2 Å². The molecule has 0 bridgehead atoms. The lowest BCUT2D eigenvalue weighted by Gasteiger charge is -2.21. The molecule has 3 aromatic rings. The van der Waals surface area contributed by atoms with Crippen molar-refractivity contribution in [2.24, 2.45) is 7.05 Å². The lowest BCUT2D eigenvalue weighted by Crippen LogP contribution is -2.31. The van der Waals surface area contributed by atoms with Gasteiger partial charge in [-0.05, 0) is 35.4 Å².